The highest BCUT2D eigenvalue weighted by Gasteiger charge is 2.28. The van der Waals surface area contributed by atoms with E-state index in [0.717, 1.165) is 48.6 Å². The molecule has 1 aromatic carbocycles. The lowest BCUT2D eigenvalue weighted by molar-refractivity contribution is 0.102. The Labute approximate surface area is 199 Å². The first-order chi connectivity index (χ1) is 16.6. The second-order valence-electron chi connectivity index (χ2n) is 8.89. The van der Waals surface area contributed by atoms with Crippen molar-refractivity contribution >= 4 is 44.5 Å². The molecule has 0 amide bonds. The molecule has 2 aliphatic rings. The van der Waals surface area contributed by atoms with Gasteiger partial charge in [0, 0.05) is 28.4 Å². The molecule has 5 aromatic rings. The predicted octanol–water partition coefficient (Wildman–Crippen LogP) is 6.94. The van der Waals surface area contributed by atoms with Crippen LogP contribution in [0.5, 0.6) is 0 Å². The molecule has 2 N–H and O–H groups in total. The molecule has 7 rings (SSSR count). The normalized spacial score (nSPS) is 16.9. The number of pyridine rings is 1. The smallest absolute Gasteiger partial charge is 0.169 e. The molecule has 1 unspecified atom stereocenters. The number of nitrogens with one attached hydrogen (secondary N) is 2. The Balaban J connectivity index is 1.34. The molecule has 4 heterocycles. The van der Waals surface area contributed by atoms with Gasteiger partial charge in [0.1, 0.15) is 5.69 Å². The number of fused-ring (bicyclic) bond motifs is 3. The molecule has 0 radical (unpaired) electrons. The number of ketones is 1. The molecule has 1 fully saturated rings. The fraction of sp³-hybridized carbons (Fsp3) is 0.107. The maximum atomic E-state index is 11.8. The number of Topliss-reactive ketones (excluding diaryl/α,β-unsaturated/α-hetero) is 1. The molecule has 1 atom stereocenters. The highest BCUT2D eigenvalue weighted by Crippen LogP contribution is 2.43. The SMILES string of the molecule is CC(=O)c1ccc(-c2nccc3[nH]c(-c4n[nH]c5ccc(C6=CC7CC7=CC=C6)cc45)cc23)s1. The molecule has 164 valence electrons. The summed E-state index contributed by atoms with van der Waals surface area (Å²) in [6, 6.07) is 14.4. The van der Waals surface area contributed by atoms with E-state index in [4.69, 9.17) is 0 Å². The van der Waals surface area contributed by atoms with Gasteiger partial charge in [0.25, 0.3) is 0 Å². The van der Waals surface area contributed by atoms with Crippen LogP contribution in [-0.2, 0) is 0 Å². The van der Waals surface area contributed by atoms with Crippen LogP contribution in [0.25, 0.3) is 49.3 Å². The average molecular weight is 461 g/mol. The monoisotopic (exact) mass is 460 g/mol. The van der Waals surface area contributed by atoms with E-state index in [1.807, 2.05) is 18.2 Å². The molecule has 4 aromatic heterocycles. The predicted molar refractivity (Wildman–Crippen MR) is 138 cm³/mol. The van der Waals surface area contributed by atoms with Gasteiger partial charge >= 0.3 is 0 Å². The van der Waals surface area contributed by atoms with Gasteiger partial charge in [-0.3, -0.25) is 14.9 Å². The molecular weight excluding hydrogens is 440 g/mol. The Kier molecular flexibility index (Phi) is 4.14. The zero-order valence-electron chi connectivity index (χ0n) is 18.4. The number of aromatic amines is 2. The first kappa shape index (κ1) is 19.4. The van der Waals surface area contributed by atoms with Gasteiger partial charge in [-0.15, -0.1) is 11.3 Å². The Hall–Kier alpha value is -4.03. The summed E-state index contributed by atoms with van der Waals surface area (Å²) in [6.07, 6.45) is 11.9. The van der Waals surface area contributed by atoms with Crippen molar-refractivity contribution in [2.24, 2.45) is 5.92 Å². The highest BCUT2D eigenvalue weighted by molar-refractivity contribution is 7.17. The van der Waals surface area contributed by atoms with Crippen molar-refractivity contribution in [3.63, 3.8) is 0 Å². The number of rotatable bonds is 4. The quantitative estimate of drug-likeness (QED) is 0.285. The average Bonchev–Trinajstić information content (AvgIpc) is 3.18. The van der Waals surface area contributed by atoms with Crippen LogP contribution in [0.2, 0.25) is 0 Å². The van der Waals surface area contributed by atoms with Crippen molar-refractivity contribution in [2.45, 2.75) is 13.3 Å². The van der Waals surface area contributed by atoms with Crippen molar-refractivity contribution < 1.29 is 4.79 Å². The van der Waals surface area contributed by atoms with Gasteiger partial charge in [-0.2, -0.15) is 5.10 Å². The van der Waals surface area contributed by atoms with Crippen LogP contribution in [0.3, 0.4) is 0 Å². The van der Waals surface area contributed by atoms with E-state index in [1.54, 1.807) is 13.1 Å². The third-order valence-corrected chi connectivity index (χ3v) is 7.82. The molecule has 6 heteroatoms. The number of hydrogen-bond acceptors (Lipinski definition) is 4. The van der Waals surface area contributed by atoms with Crippen LogP contribution in [0, 0.1) is 5.92 Å². The largest absolute Gasteiger partial charge is 0.353 e. The zero-order chi connectivity index (χ0) is 22.8. The van der Waals surface area contributed by atoms with Crippen molar-refractivity contribution in [3.05, 3.63) is 89.0 Å². The fourth-order valence-corrected chi connectivity index (χ4v) is 5.64. The number of thiophene rings is 1. The Bertz CT molecular complexity index is 1730. The number of nitrogens with zero attached hydrogens (tertiary/aromatic N) is 2. The first-order valence-electron chi connectivity index (χ1n) is 11.3. The molecule has 5 nitrogen and oxygen atoms in total. The Morgan fingerprint density at radius 3 is 2.85 bits per heavy atom. The summed E-state index contributed by atoms with van der Waals surface area (Å²) in [7, 11) is 0. The van der Waals surface area contributed by atoms with Crippen molar-refractivity contribution in [2.75, 3.05) is 0 Å². The van der Waals surface area contributed by atoms with E-state index in [-0.39, 0.29) is 5.78 Å². The van der Waals surface area contributed by atoms with Gasteiger partial charge in [-0.1, -0.05) is 35.9 Å². The Morgan fingerprint density at radius 1 is 1.06 bits per heavy atom. The minimum absolute atomic E-state index is 0.0734. The molecule has 0 bridgehead atoms. The highest BCUT2D eigenvalue weighted by atomic mass is 32.1. The van der Waals surface area contributed by atoms with Gasteiger partial charge in [0.2, 0.25) is 0 Å². The van der Waals surface area contributed by atoms with E-state index < -0.39 is 0 Å². The number of carbonyl (C=O) groups is 1. The lowest BCUT2D eigenvalue weighted by atomic mass is 10.0. The number of allylic oxidation sites excluding steroid dienone is 6. The van der Waals surface area contributed by atoms with Gasteiger partial charge < -0.3 is 4.98 Å². The molecule has 0 spiro atoms. The minimum atomic E-state index is 0.0734. The van der Waals surface area contributed by atoms with E-state index in [9.17, 15) is 4.79 Å². The van der Waals surface area contributed by atoms with Crippen LogP contribution in [-0.4, -0.2) is 25.9 Å². The third kappa shape index (κ3) is 3.10. The van der Waals surface area contributed by atoms with E-state index in [2.05, 4.69) is 68.7 Å². The summed E-state index contributed by atoms with van der Waals surface area (Å²) in [6.45, 7) is 1.59. The van der Waals surface area contributed by atoms with Crippen LogP contribution in [0.4, 0.5) is 0 Å². The second-order valence-corrected chi connectivity index (χ2v) is 9.97. The minimum Gasteiger partial charge on any atom is -0.353 e. The lowest BCUT2D eigenvalue weighted by Crippen LogP contribution is -1.83. The van der Waals surface area contributed by atoms with Gasteiger partial charge in [0.05, 0.1) is 26.7 Å². The summed E-state index contributed by atoms with van der Waals surface area (Å²) in [5.74, 6) is 0.661. The lowest BCUT2D eigenvalue weighted by Gasteiger charge is -2.03. The number of aromatic nitrogens is 4. The summed E-state index contributed by atoms with van der Waals surface area (Å²) in [5.41, 5.74) is 8.66. The number of benzene rings is 1. The van der Waals surface area contributed by atoms with E-state index >= 15 is 0 Å². The third-order valence-electron chi connectivity index (χ3n) is 6.62. The summed E-state index contributed by atoms with van der Waals surface area (Å²) in [5, 5.41) is 9.93. The molecule has 1 saturated carbocycles. The van der Waals surface area contributed by atoms with Gasteiger partial charge in [0.15, 0.2) is 5.78 Å². The van der Waals surface area contributed by atoms with Crippen molar-refractivity contribution in [1.82, 2.24) is 20.2 Å². The summed E-state index contributed by atoms with van der Waals surface area (Å²) >= 11 is 1.48. The van der Waals surface area contributed by atoms with E-state index in [0.29, 0.717) is 5.92 Å². The van der Waals surface area contributed by atoms with Crippen molar-refractivity contribution in [3.8, 4) is 22.0 Å². The summed E-state index contributed by atoms with van der Waals surface area (Å²) < 4.78 is 0. The zero-order valence-corrected chi connectivity index (χ0v) is 19.2. The second kappa shape index (κ2) is 7.23. The van der Waals surface area contributed by atoms with Crippen LogP contribution >= 0.6 is 11.3 Å². The molecular formula is C28H20N4OS. The fourth-order valence-electron chi connectivity index (χ4n) is 4.72. The van der Waals surface area contributed by atoms with Gasteiger partial charge in [-0.05, 0) is 60.9 Å². The first-order valence-corrected chi connectivity index (χ1v) is 12.1. The van der Waals surface area contributed by atoms with Crippen LogP contribution in [0.15, 0.2) is 78.5 Å². The maximum Gasteiger partial charge on any atom is 0.169 e. The molecule has 2 aliphatic carbocycles. The molecule has 0 saturated heterocycles. The number of carbonyl (C=O) groups excluding carboxylic acids is 1. The van der Waals surface area contributed by atoms with Crippen LogP contribution in [0.1, 0.15) is 28.6 Å². The molecule has 0 aliphatic heterocycles. The topological polar surface area (TPSA) is 74.4 Å². The summed E-state index contributed by atoms with van der Waals surface area (Å²) in [4.78, 5) is 21.7. The number of hydrogen-bond donors (Lipinski definition) is 2. The maximum absolute atomic E-state index is 11.8. The number of H-pyrrole nitrogens is 2. The standard InChI is InChI=1S/C28H20N4OS/c1-15(33)25-7-8-26(34-25)28-21-14-24(30-22(21)9-10-29-28)27-20-13-18(5-6-23(20)31-32-27)16-3-2-4-17-12-19(17)11-16/h2-11,13-14,19,30H,12H2,1H3,(H,31,32). The van der Waals surface area contributed by atoms with E-state index in [1.165, 1.54) is 34.5 Å². The Morgan fingerprint density at radius 2 is 1.97 bits per heavy atom. The van der Waals surface area contributed by atoms with Crippen molar-refractivity contribution in [1.29, 1.82) is 0 Å². The van der Waals surface area contributed by atoms with Crippen LogP contribution < -0.4 is 0 Å². The molecule has 34 heavy (non-hydrogen) atoms. The van der Waals surface area contributed by atoms with Gasteiger partial charge in [-0.25, -0.2) is 0 Å².